The number of sulfonamides is 1. The van der Waals surface area contributed by atoms with E-state index >= 15 is 0 Å². The van der Waals surface area contributed by atoms with Crippen LogP contribution < -0.4 is 4.90 Å². The van der Waals surface area contributed by atoms with Crippen LogP contribution in [0.5, 0.6) is 0 Å². The molecule has 3 rings (SSSR count). The van der Waals surface area contributed by atoms with Gasteiger partial charge in [-0.05, 0) is 56.0 Å². The minimum absolute atomic E-state index is 0.394. The predicted octanol–water partition coefficient (Wildman–Crippen LogP) is 3.69. The second-order valence-corrected chi connectivity index (χ2v) is 9.07. The van der Waals surface area contributed by atoms with Crippen molar-refractivity contribution in [1.29, 1.82) is 0 Å². The highest BCUT2D eigenvalue weighted by atomic mass is 32.2. The lowest BCUT2D eigenvalue weighted by Crippen LogP contribution is -2.49. The van der Waals surface area contributed by atoms with E-state index in [0.29, 0.717) is 18.0 Å². The largest absolute Gasteiger partial charge is 0.368 e. The molecule has 0 atom stereocenters. The Morgan fingerprint density at radius 1 is 0.885 bits per heavy atom. The van der Waals surface area contributed by atoms with E-state index < -0.39 is 10.0 Å². The Kier molecular flexibility index (Phi) is 5.39. The van der Waals surface area contributed by atoms with Crippen LogP contribution in [0.3, 0.4) is 0 Å². The van der Waals surface area contributed by atoms with Gasteiger partial charge in [0.2, 0.25) is 10.0 Å². The summed E-state index contributed by atoms with van der Waals surface area (Å²) in [5.41, 5.74) is 6.18. The highest BCUT2D eigenvalue weighted by Gasteiger charge is 2.29. The smallest absolute Gasteiger partial charge is 0.243 e. The van der Waals surface area contributed by atoms with Gasteiger partial charge in [0.1, 0.15) is 0 Å². The zero-order chi connectivity index (χ0) is 18.9. The molecule has 1 aliphatic rings. The summed E-state index contributed by atoms with van der Waals surface area (Å²) in [6.45, 7) is 10.9. The second-order valence-electron chi connectivity index (χ2n) is 7.14. The van der Waals surface area contributed by atoms with Crippen LogP contribution in [0.15, 0.2) is 41.3 Å². The summed E-state index contributed by atoms with van der Waals surface area (Å²) in [7, 11) is -3.41. The molecule has 1 saturated heterocycles. The monoisotopic (exact) mass is 372 g/mol. The average Bonchev–Trinajstić information content (AvgIpc) is 2.61. The van der Waals surface area contributed by atoms with Crippen molar-refractivity contribution >= 4 is 15.7 Å². The van der Waals surface area contributed by atoms with Crippen molar-refractivity contribution in [2.24, 2.45) is 0 Å². The van der Waals surface area contributed by atoms with E-state index in [1.54, 1.807) is 16.4 Å². The fourth-order valence-corrected chi connectivity index (χ4v) is 5.29. The molecule has 0 aliphatic carbocycles. The van der Waals surface area contributed by atoms with E-state index in [2.05, 4.69) is 44.7 Å². The molecule has 0 N–H and O–H groups in total. The Morgan fingerprint density at radius 2 is 1.42 bits per heavy atom. The molecular weight excluding hydrogens is 344 g/mol. The van der Waals surface area contributed by atoms with Gasteiger partial charge in [0.25, 0.3) is 0 Å². The molecule has 1 fully saturated rings. The maximum absolute atomic E-state index is 12.9. The second kappa shape index (κ2) is 7.41. The quantitative estimate of drug-likeness (QED) is 0.822. The van der Waals surface area contributed by atoms with Crippen LogP contribution in [0.25, 0.3) is 0 Å². The fourth-order valence-electron chi connectivity index (χ4n) is 3.87. The van der Waals surface area contributed by atoms with Gasteiger partial charge in [-0.1, -0.05) is 36.8 Å². The Balaban J connectivity index is 1.75. The summed E-state index contributed by atoms with van der Waals surface area (Å²) in [6.07, 6.45) is 0.911. The number of anilines is 1. The summed E-state index contributed by atoms with van der Waals surface area (Å²) in [6, 6.07) is 11.7. The van der Waals surface area contributed by atoms with Crippen molar-refractivity contribution in [3.8, 4) is 0 Å². The number of piperazine rings is 1. The van der Waals surface area contributed by atoms with E-state index in [4.69, 9.17) is 0 Å². The zero-order valence-electron chi connectivity index (χ0n) is 16.1. The van der Waals surface area contributed by atoms with E-state index in [9.17, 15) is 8.42 Å². The number of hydrogen-bond acceptors (Lipinski definition) is 3. The molecular formula is C21H28N2O2S. The van der Waals surface area contributed by atoms with E-state index in [1.807, 2.05) is 12.1 Å². The predicted molar refractivity (Wildman–Crippen MR) is 107 cm³/mol. The van der Waals surface area contributed by atoms with Crippen molar-refractivity contribution in [2.75, 3.05) is 31.1 Å². The Bertz CT molecular complexity index is 858. The Morgan fingerprint density at radius 3 is 1.92 bits per heavy atom. The van der Waals surface area contributed by atoms with E-state index in [1.165, 1.54) is 22.4 Å². The third kappa shape index (κ3) is 3.64. The molecule has 5 heteroatoms. The third-order valence-corrected chi connectivity index (χ3v) is 7.07. The molecule has 0 unspecified atom stereocenters. The number of benzene rings is 2. The number of aryl methyl sites for hydroxylation is 4. The van der Waals surface area contributed by atoms with Gasteiger partial charge in [-0.3, -0.25) is 0 Å². The van der Waals surface area contributed by atoms with Crippen LogP contribution in [-0.4, -0.2) is 38.9 Å². The Labute approximate surface area is 157 Å². The minimum Gasteiger partial charge on any atom is -0.368 e. The van der Waals surface area contributed by atoms with Gasteiger partial charge in [0.05, 0.1) is 4.90 Å². The first-order chi connectivity index (χ1) is 12.3. The molecule has 0 aromatic heterocycles. The van der Waals surface area contributed by atoms with Crippen LogP contribution in [0.1, 0.15) is 29.2 Å². The lowest BCUT2D eigenvalue weighted by molar-refractivity contribution is 0.384. The first kappa shape index (κ1) is 18.9. The van der Waals surface area contributed by atoms with Gasteiger partial charge in [0.15, 0.2) is 0 Å². The third-order valence-electron chi connectivity index (χ3n) is 5.16. The molecule has 0 bridgehead atoms. The van der Waals surface area contributed by atoms with Crippen LogP contribution in [0.2, 0.25) is 0 Å². The van der Waals surface area contributed by atoms with Gasteiger partial charge in [0, 0.05) is 31.9 Å². The van der Waals surface area contributed by atoms with Gasteiger partial charge >= 0.3 is 0 Å². The van der Waals surface area contributed by atoms with E-state index in [0.717, 1.165) is 25.1 Å². The fraction of sp³-hybridized carbons (Fsp3) is 0.429. The molecule has 0 saturated carbocycles. The van der Waals surface area contributed by atoms with Crippen molar-refractivity contribution < 1.29 is 8.42 Å². The summed E-state index contributed by atoms with van der Waals surface area (Å²) in [4.78, 5) is 2.71. The van der Waals surface area contributed by atoms with Gasteiger partial charge in [-0.25, -0.2) is 8.42 Å². The SMILES string of the molecule is CCc1ccc(S(=O)(=O)N2CCN(c3c(C)cc(C)cc3C)CC2)cc1. The molecule has 2 aromatic rings. The Hall–Kier alpha value is -1.85. The first-order valence-electron chi connectivity index (χ1n) is 9.25. The minimum atomic E-state index is -3.41. The lowest BCUT2D eigenvalue weighted by atomic mass is 10.0. The topological polar surface area (TPSA) is 40.6 Å². The highest BCUT2D eigenvalue weighted by molar-refractivity contribution is 7.89. The van der Waals surface area contributed by atoms with Crippen molar-refractivity contribution in [3.63, 3.8) is 0 Å². The van der Waals surface area contributed by atoms with Gasteiger partial charge < -0.3 is 4.90 Å². The van der Waals surface area contributed by atoms with Crippen molar-refractivity contribution in [2.45, 2.75) is 39.0 Å². The number of nitrogens with zero attached hydrogens (tertiary/aromatic N) is 2. The molecule has 0 amide bonds. The van der Waals surface area contributed by atoms with Crippen molar-refractivity contribution in [3.05, 3.63) is 58.7 Å². The molecule has 1 aliphatic heterocycles. The van der Waals surface area contributed by atoms with Crippen LogP contribution >= 0.6 is 0 Å². The molecule has 1 heterocycles. The average molecular weight is 373 g/mol. The van der Waals surface area contributed by atoms with Gasteiger partial charge in [-0.2, -0.15) is 4.31 Å². The molecule has 4 nitrogen and oxygen atoms in total. The molecule has 26 heavy (non-hydrogen) atoms. The normalized spacial score (nSPS) is 16.1. The first-order valence-corrected chi connectivity index (χ1v) is 10.7. The van der Waals surface area contributed by atoms with Crippen LogP contribution in [-0.2, 0) is 16.4 Å². The molecule has 2 aromatic carbocycles. The van der Waals surface area contributed by atoms with Gasteiger partial charge in [-0.15, -0.1) is 0 Å². The van der Waals surface area contributed by atoms with Crippen molar-refractivity contribution in [1.82, 2.24) is 4.31 Å². The molecule has 0 spiro atoms. The summed E-state index contributed by atoms with van der Waals surface area (Å²) >= 11 is 0. The number of hydrogen-bond donors (Lipinski definition) is 0. The molecule has 140 valence electrons. The van der Waals surface area contributed by atoms with Crippen LogP contribution in [0.4, 0.5) is 5.69 Å². The van der Waals surface area contributed by atoms with E-state index in [-0.39, 0.29) is 0 Å². The summed E-state index contributed by atoms with van der Waals surface area (Å²) < 4.78 is 27.4. The standard InChI is InChI=1S/C21H28N2O2S/c1-5-19-6-8-20(9-7-19)26(24,25)23-12-10-22(11-13-23)21-17(3)14-16(2)15-18(21)4/h6-9,14-15H,5,10-13H2,1-4H3. The van der Waals surface area contributed by atoms with Crippen LogP contribution in [0, 0.1) is 20.8 Å². The number of rotatable bonds is 4. The maximum Gasteiger partial charge on any atom is 0.243 e. The molecule has 0 radical (unpaired) electrons. The highest BCUT2D eigenvalue weighted by Crippen LogP contribution is 2.28. The lowest BCUT2D eigenvalue weighted by Gasteiger charge is -2.37. The zero-order valence-corrected chi connectivity index (χ0v) is 16.9. The summed E-state index contributed by atoms with van der Waals surface area (Å²) in [5.74, 6) is 0. The maximum atomic E-state index is 12.9. The summed E-state index contributed by atoms with van der Waals surface area (Å²) in [5, 5.41) is 0.